The van der Waals surface area contributed by atoms with E-state index in [4.69, 9.17) is 4.42 Å². The van der Waals surface area contributed by atoms with Crippen LogP contribution in [0.25, 0.3) is 33.4 Å². The van der Waals surface area contributed by atoms with Crippen molar-refractivity contribution in [1.29, 1.82) is 0 Å². The average molecular weight is 348 g/mol. The van der Waals surface area contributed by atoms with Crippen LogP contribution in [0.2, 0.25) is 0 Å². The summed E-state index contributed by atoms with van der Waals surface area (Å²) in [6.07, 6.45) is 0. The molecule has 0 atom stereocenters. The molecule has 0 aliphatic rings. The zero-order chi connectivity index (χ0) is 18.4. The van der Waals surface area contributed by atoms with Crippen LogP contribution in [0, 0.1) is 19.7 Å². The van der Waals surface area contributed by atoms with E-state index in [0.29, 0.717) is 16.9 Å². The summed E-state index contributed by atoms with van der Waals surface area (Å²) in [5.41, 5.74) is 4.52. The Balaban J connectivity index is 2.13. The van der Waals surface area contributed by atoms with Gasteiger partial charge in [-0.1, -0.05) is 6.07 Å². The first-order valence-electron chi connectivity index (χ1n) is 8.26. The van der Waals surface area contributed by atoms with Gasteiger partial charge in [-0.15, -0.1) is 0 Å². The van der Waals surface area contributed by atoms with Gasteiger partial charge in [-0.3, -0.25) is 0 Å². The van der Waals surface area contributed by atoms with Gasteiger partial charge in [0.05, 0.1) is 0 Å². The molecule has 0 bridgehead atoms. The maximum atomic E-state index is 14.0. The molecule has 4 rings (SSSR count). The number of furan rings is 1. The van der Waals surface area contributed by atoms with Crippen molar-refractivity contribution in [2.75, 3.05) is 0 Å². The number of benzene rings is 3. The molecule has 0 radical (unpaired) electrons. The number of fused-ring (bicyclic) bond motifs is 1. The first-order chi connectivity index (χ1) is 12.4. The zero-order valence-corrected chi connectivity index (χ0v) is 14.4. The molecule has 0 aliphatic carbocycles. The minimum absolute atomic E-state index is 0.128. The van der Waals surface area contributed by atoms with Gasteiger partial charge in [0.1, 0.15) is 28.7 Å². The number of aromatic hydroxyl groups is 2. The largest absolute Gasteiger partial charge is 0.508 e. The molecule has 0 aliphatic heterocycles. The van der Waals surface area contributed by atoms with Gasteiger partial charge in [0.15, 0.2) is 0 Å². The van der Waals surface area contributed by atoms with Crippen molar-refractivity contribution in [1.82, 2.24) is 0 Å². The SMILES string of the molecule is Cc1ccc(F)cc1-c1c(-c2ccc(O)cc2)oc2c(C)cc(O)cc12. The summed E-state index contributed by atoms with van der Waals surface area (Å²) < 4.78 is 20.1. The fourth-order valence-corrected chi connectivity index (χ4v) is 3.30. The maximum absolute atomic E-state index is 14.0. The number of phenols is 2. The number of rotatable bonds is 2. The Labute approximate surface area is 150 Å². The summed E-state index contributed by atoms with van der Waals surface area (Å²) in [6, 6.07) is 14.5. The molecule has 0 unspecified atom stereocenters. The molecule has 0 fully saturated rings. The van der Waals surface area contributed by atoms with Gasteiger partial charge in [-0.2, -0.15) is 0 Å². The Morgan fingerprint density at radius 1 is 0.808 bits per heavy atom. The normalized spacial score (nSPS) is 11.2. The molecule has 130 valence electrons. The van der Waals surface area contributed by atoms with Crippen molar-refractivity contribution >= 4 is 11.0 Å². The summed E-state index contributed by atoms with van der Waals surface area (Å²) in [7, 11) is 0. The van der Waals surface area contributed by atoms with E-state index < -0.39 is 0 Å². The predicted octanol–water partition coefficient (Wildman–Crippen LogP) is 5.93. The second-order valence-electron chi connectivity index (χ2n) is 6.45. The second kappa shape index (κ2) is 5.92. The minimum Gasteiger partial charge on any atom is -0.508 e. The Hall–Kier alpha value is -3.27. The van der Waals surface area contributed by atoms with Crippen molar-refractivity contribution in [3.8, 4) is 33.9 Å². The third kappa shape index (κ3) is 2.60. The van der Waals surface area contributed by atoms with Crippen LogP contribution in [-0.2, 0) is 0 Å². The molecule has 3 nitrogen and oxygen atoms in total. The highest BCUT2D eigenvalue weighted by Crippen LogP contribution is 2.44. The standard InChI is InChI=1S/C22H17FO3/c1-12-3-6-15(23)10-18(12)20-19-11-17(25)9-13(2)21(19)26-22(20)14-4-7-16(24)8-5-14/h3-11,24-25H,1-2H3. The van der Waals surface area contributed by atoms with E-state index in [9.17, 15) is 14.6 Å². The van der Waals surface area contributed by atoms with E-state index in [2.05, 4.69) is 0 Å². The van der Waals surface area contributed by atoms with Gasteiger partial charge in [-0.25, -0.2) is 4.39 Å². The summed E-state index contributed by atoms with van der Waals surface area (Å²) in [5, 5.41) is 20.4. The summed E-state index contributed by atoms with van der Waals surface area (Å²) in [5.74, 6) is 0.515. The molecule has 4 aromatic rings. The second-order valence-corrected chi connectivity index (χ2v) is 6.45. The number of aryl methyl sites for hydroxylation is 2. The highest BCUT2D eigenvalue weighted by Gasteiger charge is 2.21. The number of halogens is 1. The summed E-state index contributed by atoms with van der Waals surface area (Å²) >= 11 is 0. The fourth-order valence-electron chi connectivity index (χ4n) is 3.30. The van der Waals surface area contributed by atoms with Gasteiger partial charge in [0.2, 0.25) is 0 Å². The smallest absolute Gasteiger partial charge is 0.143 e. The minimum atomic E-state index is -0.339. The van der Waals surface area contributed by atoms with Crippen LogP contribution in [0.5, 0.6) is 11.5 Å². The average Bonchev–Trinajstić information content (AvgIpc) is 2.97. The van der Waals surface area contributed by atoms with Gasteiger partial charge in [-0.05, 0) is 79.1 Å². The molecular formula is C22H17FO3. The molecule has 1 aromatic heterocycles. The third-order valence-corrected chi connectivity index (χ3v) is 4.56. The molecule has 0 saturated heterocycles. The van der Waals surface area contributed by atoms with Crippen LogP contribution >= 0.6 is 0 Å². The zero-order valence-electron chi connectivity index (χ0n) is 14.4. The van der Waals surface area contributed by atoms with E-state index in [-0.39, 0.29) is 17.3 Å². The van der Waals surface area contributed by atoms with E-state index in [1.165, 1.54) is 12.1 Å². The lowest BCUT2D eigenvalue weighted by Gasteiger charge is -2.08. The summed E-state index contributed by atoms with van der Waals surface area (Å²) in [6.45, 7) is 3.76. The Morgan fingerprint density at radius 3 is 2.27 bits per heavy atom. The first kappa shape index (κ1) is 16.2. The first-order valence-corrected chi connectivity index (χ1v) is 8.26. The van der Waals surface area contributed by atoms with E-state index in [0.717, 1.165) is 27.6 Å². The Kier molecular flexibility index (Phi) is 3.69. The lowest BCUT2D eigenvalue weighted by atomic mass is 9.94. The van der Waals surface area contributed by atoms with Crippen LogP contribution in [-0.4, -0.2) is 10.2 Å². The molecule has 0 spiro atoms. The lowest BCUT2D eigenvalue weighted by Crippen LogP contribution is -1.87. The van der Waals surface area contributed by atoms with Crippen LogP contribution in [0.4, 0.5) is 4.39 Å². The predicted molar refractivity (Wildman–Crippen MR) is 99.8 cm³/mol. The fraction of sp³-hybridized carbons (Fsp3) is 0.0909. The maximum Gasteiger partial charge on any atom is 0.143 e. The topological polar surface area (TPSA) is 53.6 Å². The summed E-state index contributed by atoms with van der Waals surface area (Å²) in [4.78, 5) is 0. The van der Waals surface area contributed by atoms with Crippen LogP contribution in [0.3, 0.4) is 0 Å². The molecular weight excluding hydrogens is 331 g/mol. The van der Waals surface area contributed by atoms with Crippen molar-refractivity contribution in [3.63, 3.8) is 0 Å². The van der Waals surface area contributed by atoms with Crippen molar-refractivity contribution < 1.29 is 19.0 Å². The quantitative estimate of drug-likeness (QED) is 0.472. The third-order valence-electron chi connectivity index (χ3n) is 4.56. The molecule has 26 heavy (non-hydrogen) atoms. The monoisotopic (exact) mass is 348 g/mol. The van der Waals surface area contributed by atoms with E-state index in [1.54, 1.807) is 42.5 Å². The highest BCUT2D eigenvalue weighted by molar-refractivity contribution is 6.04. The van der Waals surface area contributed by atoms with Gasteiger partial charge >= 0.3 is 0 Å². The van der Waals surface area contributed by atoms with E-state index in [1.807, 2.05) is 13.8 Å². The number of hydrogen-bond donors (Lipinski definition) is 2. The van der Waals surface area contributed by atoms with Crippen LogP contribution in [0.15, 0.2) is 59.0 Å². The van der Waals surface area contributed by atoms with Gasteiger partial charge in [0, 0.05) is 16.5 Å². The number of phenolic OH excluding ortho intramolecular Hbond substituents is 2. The van der Waals surface area contributed by atoms with Gasteiger partial charge < -0.3 is 14.6 Å². The van der Waals surface area contributed by atoms with Crippen molar-refractivity contribution in [2.45, 2.75) is 13.8 Å². The molecule has 0 saturated carbocycles. The van der Waals surface area contributed by atoms with Crippen molar-refractivity contribution in [3.05, 3.63) is 71.5 Å². The molecule has 1 heterocycles. The van der Waals surface area contributed by atoms with Crippen LogP contribution < -0.4 is 0 Å². The molecule has 4 heteroatoms. The van der Waals surface area contributed by atoms with Gasteiger partial charge in [0.25, 0.3) is 0 Å². The molecule has 2 N–H and O–H groups in total. The Morgan fingerprint density at radius 2 is 1.54 bits per heavy atom. The molecule has 3 aromatic carbocycles. The van der Waals surface area contributed by atoms with Crippen LogP contribution in [0.1, 0.15) is 11.1 Å². The van der Waals surface area contributed by atoms with Crippen molar-refractivity contribution in [2.24, 2.45) is 0 Å². The lowest BCUT2D eigenvalue weighted by molar-refractivity contribution is 0.474. The van der Waals surface area contributed by atoms with E-state index >= 15 is 0 Å². The highest BCUT2D eigenvalue weighted by atomic mass is 19.1. The number of hydrogen-bond acceptors (Lipinski definition) is 3. The molecule has 0 amide bonds. The Bertz CT molecular complexity index is 1120.